The summed E-state index contributed by atoms with van der Waals surface area (Å²) < 4.78 is 0. The zero-order valence-corrected chi connectivity index (χ0v) is 11.0. The molecule has 100 valence electrons. The molecular formula is C10H17N5O2S. The molecule has 2 amide bonds. The lowest BCUT2D eigenvalue weighted by atomic mass is 10.1. The quantitative estimate of drug-likeness (QED) is 0.615. The maximum atomic E-state index is 11.1. The fourth-order valence-electron chi connectivity index (χ4n) is 1.45. The second-order valence-corrected chi connectivity index (χ2v) is 4.95. The molecule has 0 aromatic carbocycles. The number of amides is 2. The molecule has 0 aliphatic rings. The Kier molecular flexibility index (Phi) is 5.66. The van der Waals surface area contributed by atoms with E-state index in [4.69, 9.17) is 11.5 Å². The molecule has 1 rings (SSSR count). The number of carbonyl (C=O) groups is 2. The van der Waals surface area contributed by atoms with Crippen LogP contribution in [-0.2, 0) is 16.0 Å². The van der Waals surface area contributed by atoms with E-state index in [9.17, 15) is 9.59 Å². The Hall–Kier alpha value is -1.54. The summed E-state index contributed by atoms with van der Waals surface area (Å²) in [5.74, 6) is -0.584. The lowest BCUT2D eigenvalue weighted by Crippen LogP contribution is -2.26. The van der Waals surface area contributed by atoms with Crippen LogP contribution in [0.2, 0.25) is 0 Å². The molecule has 0 saturated heterocycles. The summed E-state index contributed by atoms with van der Waals surface area (Å²) in [5, 5.41) is 11.9. The summed E-state index contributed by atoms with van der Waals surface area (Å²) >= 11 is 1.28. The van der Waals surface area contributed by atoms with Gasteiger partial charge < -0.3 is 16.8 Å². The zero-order valence-electron chi connectivity index (χ0n) is 10.2. The molecule has 0 saturated carbocycles. The third-order valence-corrected chi connectivity index (χ3v) is 3.22. The summed E-state index contributed by atoms with van der Waals surface area (Å²) in [5.41, 5.74) is 10.5. The molecule has 0 aliphatic heterocycles. The molecule has 0 aliphatic carbocycles. The third-order valence-electron chi connectivity index (χ3n) is 2.18. The van der Waals surface area contributed by atoms with Gasteiger partial charge in [0.15, 0.2) is 0 Å². The summed E-state index contributed by atoms with van der Waals surface area (Å²) in [6.07, 6.45) is 1.54. The fraction of sp³-hybridized carbons (Fsp3) is 0.600. The van der Waals surface area contributed by atoms with E-state index in [-0.39, 0.29) is 18.4 Å². The first-order chi connectivity index (χ1) is 8.52. The Bertz CT molecular complexity index is 420. The van der Waals surface area contributed by atoms with E-state index >= 15 is 0 Å². The number of carbonyl (C=O) groups excluding carboxylic acids is 2. The predicted octanol–water partition coefficient (Wildman–Crippen LogP) is -0.518. The molecule has 1 aromatic rings. The number of hydrogen-bond acceptors (Lipinski definition) is 6. The molecule has 1 heterocycles. The smallest absolute Gasteiger partial charge is 0.224 e. The SMILES string of the molecule is CC(=O)N[C@@H](CCCN)c1nnc(CC(N)=O)s1. The van der Waals surface area contributed by atoms with E-state index in [1.54, 1.807) is 0 Å². The number of aromatic nitrogens is 2. The van der Waals surface area contributed by atoms with E-state index in [0.29, 0.717) is 23.0 Å². The van der Waals surface area contributed by atoms with Crippen molar-refractivity contribution < 1.29 is 9.59 Å². The molecule has 18 heavy (non-hydrogen) atoms. The molecule has 5 N–H and O–H groups in total. The normalized spacial score (nSPS) is 12.1. The van der Waals surface area contributed by atoms with Crippen molar-refractivity contribution in [2.75, 3.05) is 6.54 Å². The molecule has 0 radical (unpaired) electrons. The number of primary amides is 1. The van der Waals surface area contributed by atoms with Gasteiger partial charge in [-0.15, -0.1) is 10.2 Å². The highest BCUT2D eigenvalue weighted by Crippen LogP contribution is 2.22. The Morgan fingerprint density at radius 1 is 1.44 bits per heavy atom. The van der Waals surface area contributed by atoms with Crippen LogP contribution in [0.15, 0.2) is 0 Å². The largest absolute Gasteiger partial charge is 0.369 e. The molecule has 8 heteroatoms. The first-order valence-electron chi connectivity index (χ1n) is 5.60. The molecule has 0 unspecified atom stereocenters. The van der Waals surface area contributed by atoms with Gasteiger partial charge in [0.05, 0.1) is 12.5 Å². The minimum atomic E-state index is -0.448. The summed E-state index contributed by atoms with van der Waals surface area (Å²) in [6.45, 7) is 1.99. The van der Waals surface area contributed by atoms with E-state index in [1.165, 1.54) is 18.3 Å². The van der Waals surface area contributed by atoms with Gasteiger partial charge in [-0.1, -0.05) is 11.3 Å². The van der Waals surface area contributed by atoms with Crippen molar-refractivity contribution in [2.24, 2.45) is 11.5 Å². The van der Waals surface area contributed by atoms with Crippen molar-refractivity contribution in [3.63, 3.8) is 0 Å². The van der Waals surface area contributed by atoms with Crippen LogP contribution in [0.1, 0.15) is 35.8 Å². The van der Waals surface area contributed by atoms with Crippen LogP contribution in [0, 0.1) is 0 Å². The minimum Gasteiger partial charge on any atom is -0.369 e. The highest BCUT2D eigenvalue weighted by atomic mass is 32.1. The highest BCUT2D eigenvalue weighted by Gasteiger charge is 2.17. The number of hydrogen-bond donors (Lipinski definition) is 3. The van der Waals surface area contributed by atoms with Crippen LogP contribution in [-0.4, -0.2) is 28.6 Å². The number of rotatable bonds is 7. The first kappa shape index (κ1) is 14.5. The fourth-order valence-corrected chi connectivity index (χ4v) is 2.39. The van der Waals surface area contributed by atoms with Gasteiger partial charge in [-0.25, -0.2) is 0 Å². The average molecular weight is 271 g/mol. The lowest BCUT2D eigenvalue weighted by Gasteiger charge is -2.13. The minimum absolute atomic E-state index is 0.0708. The second-order valence-electron chi connectivity index (χ2n) is 3.86. The van der Waals surface area contributed by atoms with Gasteiger partial charge >= 0.3 is 0 Å². The van der Waals surface area contributed by atoms with Gasteiger partial charge in [-0.05, 0) is 19.4 Å². The topological polar surface area (TPSA) is 124 Å². The Morgan fingerprint density at radius 3 is 2.72 bits per heavy atom. The monoisotopic (exact) mass is 271 g/mol. The first-order valence-corrected chi connectivity index (χ1v) is 6.42. The van der Waals surface area contributed by atoms with Gasteiger partial charge in [0.1, 0.15) is 10.0 Å². The van der Waals surface area contributed by atoms with Crippen LogP contribution in [0.3, 0.4) is 0 Å². The van der Waals surface area contributed by atoms with Crippen molar-refractivity contribution in [3.05, 3.63) is 10.0 Å². The molecule has 0 fully saturated rings. The number of nitrogens with two attached hydrogens (primary N) is 2. The van der Waals surface area contributed by atoms with Crippen LogP contribution < -0.4 is 16.8 Å². The van der Waals surface area contributed by atoms with Crippen LogP contribution in [0.5, 0.6) is 0 Å². The molecule has 0 spiro atoms. The summed E-state index contributed by atoms with van der Waals surface area (Å²) in [7, 11) is 0. The summed E-state index contributed by atoms with van der Waals surface area (Å²) in [4.78, 5) is 21.9. The van der Waals surface area contributed by atoms with Crippen LogP contribution >= 0.6 is 11.3 Å². The van der Waals surface area contributed by atoms with Crippen molar-refractivity contribution in [3.8, 4) is 0 Å². The molecule has 1 atom stereocenters. The predicted molar refractivity (Wildman–Crippen MR) is 67.7 cm³/mol. The van der Waals surface area contributed by atoms with E-state index in [1.807, 2.05) is 0 Å². The van der Waals surface area contributed by atoms with Gasteiger partial charge in [0.2, 0.25) is 11.8 Å². The Balaban J connectivity index is 2.74. The number of nitrogens with zero attached hydrogens (tertiary/aromatic N) is 2. The van der Waals surface area contributed by atoms with Gasteiger partial charge in [-0.3, -0.25) is 9.59 Å². The van der Waals surface area contributed by atoms with E-state index in [0.717, 1.165) is 6.42 Å². The molecule has 7 nitrogen and oxygen atoms in total. The lowest BCUT2D eigenvalue weighted by molar-refractivity contribution is -0.120. The van der Waals surface area contributed by atoms with Gasteiger partial charge in [0, 0.05) is 6.92 Å². The third kappa shape index (κ3) is 4.76. The van der Waals surface area contributed by atoms with Gasteiger partial charge in [-0.2, -0.15) is 0 Å². The Morgan fingerprint density at radius 2 is 2.17 bits per heavy atom. The van der Waals surface area contributed by atoms with E-state index in [2.05, 4.69) is 15.5 Å². The van der Waals surface area contributed by atoms with Crippen molar-refractivity contribution in [1.82, 2.24) is 15.5 Å². The van der Waals surface area contributed by atoms with Crippen LogP contribution in [0.4, 0.5) is 0 Å². The molecule has 0 bridgehead atoms. The maximum Gasteiger partial charge on any atom is 0.224 e. The standard InChI is InChI=1S/C10H17N5O2S/c1-6(16)13-7(3-2-4-11)10-15-14-9(18-10)5-8(12)17/h7H,2-5,11H2,1H3,(H2,12,17)(H,13,16)/t7-/m0/s1. The van der Waals surface area contributed by atoms with Crippen LogP contribution in [0.25, 0.3) is 0 Å². The molecular weight excluding hydrogens is 254 g/mol. The van der Waals surface area contributed by atoms with Crippen molar-refractivity contribution >= 4 is 23.2 Å². The maximum absolute atomic E-state index is 11.1. The second kappa shape index (κ2) is 7.02. The highest BCUT2D eigenvalue weighted by molar-refractivity contribution is 7.11. The average Bonchev–Trinajstić information content (AvgIpc) is 2.71. The van der Waals surface area contributed by atoms with Gasteiger partial charge in [0.25, 0.3) is 0 Å². The number of nitrogens with one attached hydrogen (secondary N) is 1. The molecule has 1 aromatic heterocycles. The van der Waals surface area contributed by atoms with Crippen molar-refractivity contribution in [2.45, 2.75) is 32.2 Å². The van der Waals surface area contributed by atoms with Crippen molar-refractivity contribution in [1.29, 1.82) is 0 Å². The van der Waals surface area contributed by atoms with E-state index < -0.39 is 5.91 Å². The zero-order chi connectivity index (χ0) is 13.5. The summed E-state index contributed by atoms with van der Waals surface area (Å²) in [6, 6.07) is -0.204. The Labute approximate surface area is 109 Å².